The number of aliphatic carboxylic acids is 1. The summed E-state index contributed by atoms with van der Waals surface area (Å²) < 4.78 is 15.1. The summed E-state index contributed by atoms with van der Waals surface area (Å²) in [4.78, 5) is 22.1. The fraction of sp³-hybridized carbons (Fsp3) is 0.353. The second-order valence-corrected chi connectivity index (χ2v) is 7.04. The molecule has 1 aliphatic rings. The van der Waals surface area contributed by atoms with Crippen LogP contribution in [0.5, 0.6) is 0 Å². The molecule has 1 N–H and O–H groups in total. The van der Waals surface area contributed by atoms with Gasteiger partial charge in [-0.3, -0.25) is 4.79 Å². The number of benzene rings is 1. The number of hydrogen-bond acceptors (Lipinski definition) is 6. The molecule has 8 heteroatoms. The van der Waals surface area contributed by atoms with Crippen LogP contribution in [0, 0.1) is 12.7 Å². The SMILES string of the molecule is Cc1ccc(SN2CCN(c3ncc(F)cn3)CC2)cc1CC(=O)O. The third-order valence-corrected chi connectivity index (χ3v) is 5.11. The van der Waals surface area contributed by atoms with Crippen molar-refractivity contribution in [2.75, 3.05) is 31.1 Å². The highest BCUT2D eigenvalue weighted by Crippen LogP contribution is 2.27. The molecule has 0 saturated carbocycles. The highest BCUT2D eigenvalue weighted by atomic mass is 32.2. The number of carboxylic acids is 1. The lowest BCUT2D eigenvalue weighted by atomic mass is 10.1. The van der Waals surface area contributed by atoms with Crippen molar-refractivity contribution in [2.45, 2.75) is 18.2 Å². The van der Waals surface area contributed by atoms with E-state index in [4.69, 9.17) is 5.11 Å². The molecular weight excluding hydrogens is 343 g/mol. The van der Waals surface area contributed by atoms with E-state index in [9.17, 15) is 9.18 Å². The molecule has 0 radical (unpaired) electrons. The zero-order chi connectivity index (χ0) is 17.8. The quantitative estimate of drug-likeness (QED) is 0.819. The molecule has 2 heterocycles. The monoisotopic (exact) mass is 362 g/mol. The number of nitrogens with zero attached hydrogens (tertiary/aromatic N) is 4. The van der Waals surface area contributed by atoms with Gasteiger partial charge in [-0.25, -0.2) is 18.7 Å². The van der Waals surface area contributed by atoms with Crippen LogP contribution >= 0.6 is 11.9 Å². The van der Waals surface area contributed by atoms with Gasteiger partial charge in [0.1, 0.15) is 0 Å². The number of aromatic nitrogens is 2. The van der Waals surface area contributed by atoms with Crippen molar-refractivity contribution in [3.8, 4) is 0 Å². The summed E-state index contributed by atoms with van der Waals surface area (Å²) in [6, 6.07) is 5.92. The van der Waals surface area contributed by atoms with E-state index in [1.165, 1.54) is 12.4 Å². The fourth-order valence-electron chi connectivity index (χ4n) is 2.66. The van der Waals surface area contributed by atoms with Crippen LogP contribution in [0.3, 0.4) is 0 Å². The predicted octanol–water partition coefficient (Wildman–Crippen LogP) is 2.38. The maximum atomic E-state index is 12.9. The van der Waals surface area contributed by atoms with Crippen molar-refractivity contribution in [1.82, 2.24) is 14.3 Å². The summed E-state index contributed by atoms with van der Waals surface area (Å²) in [6.07, 6.45) is 2.40. The van der Waals surface area contributed by atoms with Crippen molar-refractivity contribution in [3.63, 3.8) is 0 Å². The summed E-state index contributed by atoms with van der Waals surface area (Å²) in [7, 11) is 0. The second kappa shape index (κ2) is 7.79. The van der Waals surface area contributed by atoms with Gasteiger partial charge >= 0.3 is 5.97 Å². The summed E-state index contributed by atoms with van der Waals surface area (Å²) in [5.74, 6) is -0.710. The first-order chi connectivity index (χ1) is 12.0. The lowest BCUT2D eigenvalue weighted by Crippen LogP contribution is -2.44. The maximum absolute atomic E-state index is 12.9. The Hall–Kier alpha value is -2.19. The van der Waals surface area contributed by atoms with Gasteiger partial charge in [-0.05, 0) is 42.1 Å². The van der Waals surface area contributed by atoms with Crippen LogP contribution in [0.25, 0.3) is 0 Å². The number of rotatable bonds is 5. The number of halogens is 1. The summed E-state index contributed by atoms with van der Waals surface area (Å²) in [6.45, 7) is 5.06. The topological polar surface area (TPSA) is 69.6 Å². The maximum Gasteiger partial charge on any atom is 0.307 e. The Morgan fingerprint density at radius 3 is 2.56 bits per heavy atom. The third-order valence-electron chi connectivity index (χ3n) is 4.02. The van der Waals surface area contributed by atoms with Crippen LogP contribution in [-0.2, 0) is 11.2 Å². The number of aryl methyl sites for hydroxylation is 1. The average molecular weight is 362 g/mol. The van der Waals surface area contributed by atoms with Crippen LogP contribution in [0.15, 0.2) is 35.5 Å². The Morgan fingerprint density at radius 1 is 1.24 bits per heavy atom. The molecule has 1 saturated heterocycles. The molecule has 25 heavy (non-hydrogen) atoms. The molecule has 0 aliphatic carbocycles. The van der Waals surface area contributed by atoms with E-state index in [1.54, 1.807) is 11.9 Å². The molecule has 0 bridgehead atoms. The van der Waals surface area contributed by atoms with Crippen LogP contribution in [0.4, 0.5) is 10.3 Å². The standard InChI is InChI=1S/C17H19FN4O2S/c1-12-2-3-15(8-13(12)9-16(23)24)25-22-6-4-21(5-7-22)17-19-10-14(18)11-20-17/h2-3,8,10-11H,4-7,9H2,1H3,(H,23,24). The zero-order valence-corrected chi connectivity index (χ0v) is 14.7. The van der Waals surface area contributed by atoms with Gasteiger partial charge in [-0.15, -0.1) is 0 Å². The largest absolute Gasteiger partial charge is 0.481 e. The summed E-state index contributed by atoms with van der Waals surface area (Å²) >= 11 is 1.63. The minimum absolute atomic E-state index is 0.0376. The highest BCUT2D eigenvalue weighted by molar-refractivity contribution is 7.97. The van der Waals surface area contributed by atoms with Gasteiger partial charge < -0.3 is 10.0 Å². The number of piperazine rings is 1. The van der Waals surface area contributed by atoms with E-state index in [-0.39, 0.29) is 6.42 Å². The number of anilines is 1. The van der Waals surface area contributed by atoms with Crippen molar-refractivity contribution in [3.05, 3.63) is 47.5 Å². The van der Waals surface area contributed by atoms with E-state index < -0.39 is 11.8 Å². The molecule has 0 spiro atoms. The van der Waals surface area contributed by atoms with Crippen LogP contribution in [-0.4, -0.2) is 51.5 Å². The average Bonchev–Trinajstić information content (AvgIpc) is 2.59. The Kier molecular flexibility index (Phi) is 5.50. The number of carboxylic acid groups (broad SMARTS) is 1. The van der Waals surface area contributed by atoms with Gasteiger partial charge in [0.2, 0.25) is 5.95 Å². The van der Waals surface area contributed by atoms with Crippen molar-refractivity contribution < 1.29 is 14.3 Å². The van der Waals surface area contributed by atoms with E-state index in [0.29, 0.717) is 5.95 Å². The zero-order valence-electron chi connectivity index (χ0n) is 13.9. The minimum Gasteiger partial charge on any atom is -0.481 e. The first kappa shape index (κ1) is 17.6. The highest BCUT2D eigenvalue weighted by Gasteiger charge is 2.20. The lowest BCUT2D eigenvalue weighted by Gasteiger charge is -2.33. The van der Waals surface area contributed by atoms with Crippen LogP contribution in [0.2, 0.25) is 0 Å². The Labute approximate surface area is 149 Å². The normalized spacial score (nSPS) is 15.4. The first-order valence-electron chi connectivity index (χ1n) is 7.98. The molecular formula is C17H19FN4O2S. The van der Waals surface area contributed by atoms with Gasteiger partial charge in [0.15, 0.2) is 5.82 Å². The molecule has 3 rings (SSSR count). The predicted molar refractivity (Wildman–Crippen MR) is 94.2 cm³/mol. The molecule has 1 fully saturated rings. The van der Waals surface area contributed by atoms with Crippen LogP contribution < -0.4 is 4.90 Å². The Bertz CT molecular complexity index is 749. The van der Waals surface area contributed by atoms with E-state index >= 15 is 0 Å². The van der Waals surface area contributed by atoms with Crippen molar-refractivity contribution in [1.29, 1.82) is 0 Å². The van der Waals surface area contributed by atoms with Gasteiger partial charge in [0.05, 0.1) is 18.8 Å². The second-order valence-electron chi connectivity index (χ2n) is 5.87. The molecule has 6 nitrogen and oxygen atoms in total. The van der Waals surface area contributed by atoms with E-state index in [1.807, 2.05) is 30.0 Å². The molecule has 0 atom stereocenters. The van der Waals surface area contributed by atoms with Crippen molar-refractivity contribution in [2.24, 2.45) is 0 Å². The third kappa shape index (κ3) is 4.67. The molecule has 0 unspecified atom stereocenters. The van der Waals surface area contributed by atoms with E-state index in [0.717, 1.165) is 42.2 Å². The van der Waals surface area contributed by atoms with E-state index in [2.05, 4.69) is 14.3 Å². The first-order valence-corrected chi connectivity index (χ1v) is 8.75. The minimum atomic E-state index is -0.821. The molecule has 2 aromatic rings. The van der Waals surface area contributed by atoms with Gasteiger partial charge in [-0.1, -0.05) is 6.07 Å². The van der Waals surface area contributed by atoms with Crippen molar-refractivity contribution >= 4 is 23.9 Å². The van der Waals surface area contributed by atoms with Crippen LogP contribution in [0.1, 0.15) is 11.1 Å². The summed E-state index contributed by atoms with van der Waals surface area (Å²) in [5, 5.41) is 9.00. The fourth-order valence-corrected chi connectivity index (χ4v) is 3.62. The van der Waals surface area contributed by atoms with Gasteiger partial charge in [0, 0.05) is 31.1 Å². The lowest BCUT2D eigenvalue weighted by molar-refractivity contribution is -0.136. The molecule has 132 valence electrons. The molecule has 1 aromatic heterocycles. The summed E-state index contributed by atoms with van der Waals surface area (Å²) in [5.41, 5.74) is 1.83. The number of hydrogen-bond donors (Lipinski definition) is 1. The Balaban J connectivity index is 1.58. The van der Waals surface area contributed by atoms with Gasteiger partial charge in [0.25, 0.3) is 0 Å². The molecule has 1 aliphatic heterocycles. The Morgan fingerprint density at radius 2 is 1.92 bits per heavy atom. The molecule has 0 amide bonds. The smallest absolute Gasteiger partial charge is 0.307 e. The van der Waals surface area contributed by atoms with Gasteiger partial charge in [-0.2, -0.15) is 0 Å². The number of carbonyl (C=O) groups is 1. The molecule has 1 aromatic carbocycles.